The summed E-state index contributed by atoms with van der Waals surface area (Å²) in [5, 5.41) is 6.71. The van der Waals surface area contributed by atoms with Crippen LogP contribution in [0.4, 0.5) is 0 Å². The minimum Gasteiger partial charge on any atom is -0.355 e. The van der Waals surface area contributed by atoms with Crippen LogP contribution in [-0.2, 0) is 4.79 Å². The van der Waals surface area contributed by atoms with Crippen molar-refractivity contribution in [2.45, 2.75) is 57.0 Å². The number of hydrogen-bond donors (Lipinski definition) is 2. The number of hydrogen-bond acceptors (Lipinski definition) is 3. The van der Waals surface area contributed by atoms with E-state index < -0.39 is 0 Å². The van der Waals surface area contributed by atoms with E-state index in [0.29, 0.717) is 0 Å². The summed E-state index contributed by atoms with van der Waals surface area (Å²) in [5.74, 6) is 1.11. The molecule has 0 aliphatic carbocycles. The highest BCUT2D eigenvalue weighted by atomic mass is 16.2. The molecule has 4 heteroatoms. The minimum atomic E-state index is 0.153. The van der Waals surface area contributed by atoms with Crippen molar-refractivity contribution in [3.05, 3.63) is 0 Å². The van der Waals surface area contributed by atoms with Crippen LogP contribution in [0.25, 0.3) is 0 Å². The molecule has 3 heterocycles. The van der Waals surface area contributed by atoms with Gasteiger partial charge in [-0.05, 0) is 70.5 Å². The summed E-state index contributed by atoms with van der Waals surface area (Å²) in [7, 11) is 0. The Hall–Kier alpha value is -0.610. The average Bonchev–Trinajstić information content (AvgIpc) is 2.89. The molecule has 108 valence electrons. The molecule has 0 aromatic heterocycles. The zero-order valence-corrected chi connectivity index (χ0v) is 11.9. The third-order valence-corrected chi connectivity index (χ3v) is 5.19. The molecule has 0 saturated carbocycles. The van der Waals surface area contributed by atoms with E-state index in [2.05, 4.69) is 15.5 Å². The minimum absolute atomic E-state index is 0.153. The molecule has 2 unspecified atom stereocenters. The second-order valence-electron chi connectivity index (χ2n) is 6.38. The van der Waals surface area contributed by atoms with Crippen LogP contribution >= 0.6 is 0 Å². The van der Waals surface area contributed by atoms with Crippen molar-refractivity contribution in [2.24, 2.45) is 5.92 Å². The van der Waals surface area contributed by atoms with Crippen LogP contribution in [0.2, 0.25) is 0 Å². The van der Waals surface area contributed by atoms with E-state index in [1.807, 2.05) is 0 Å². The topological polar surface area (TPSA) is 44.4 Å². The monoisotopic (exact) mass is 265 g/mol. The maximum atomic E-state index is 12.1. The maximum absolute atomic E-state index is 12.1. The molecular weight excluding hydrogens is 238 g/mol. The molecule has 4 nitrogen and oxygen atoms in total. The van der Waals surface area contributed by atoms with Crippen LogP contribution < -0.4 is 10.6 Å². The van der Waals surface area contributed by atoms with Gasteiger partial charge >= 0.3 is 0 Å². The Morgan fingerprint density at radius 1 is 0.947 bits per heavy atom. The standard InChI is InChI=1S/C15H27N3O/c19-15-14(5-1-2-8-17-15)18-10-6-12(7-11-18)13-4-3-9-16-13/h12-14,16H,1-11H2,(H,17,19). The first-order valence-corrected chi connectivity index (χ1v) is 8.10. The van der Waals surface area contributed by atoms with Crippen molar-refractivity contribution in [1.29, 1.82) is 0 Å². The van der Waals surface area contributed by atoms with Gasteiger partial charge in [0, 0.05) is 12.6 Å². The molecule has 0 radical (unpaired) electrons. The lowest BCUT2D eigenvalue weighted by atomic mass is 9.87. The Balaban J connectivity index is 1.52. The van der Waals surface area contributed by atoms with Gasteiger partial charge in [0.1, 0.15) is 0 Å². The van der Waals surface area contributed by atoms with Crippen LogP contribution in [0.1, 0.15) is 44.9 Å². The molecule has 19 heavy (non-hydrogen) atoms. The van der Waals surface area contributed by atoms with Crippen LogP contribution in [0, 0.1) is 5.92 Å². The van der Waals surface area contributed by atoms with Crippen LogP contribution in [-0.4, -0.2) is 49.1 Å². The molecule has 3 saturated heterocycles. The number of carbonyl (C=O) groups excluding carboxylic acids is 1. The van der Waals surface area contributed by atoms with E-state index in [-0.39, 0.29) is 11.9 Å². The molecule has 0 spiro atoms. The number of carbonyl (C=O) groups is 1. The molecule has 3 aliphatic rings. The Morgan fingerprint density at radius 2 is 1.79 bits per heavy atom. The first-order valence-electron chi connectivity index (χ1n) is 8.10. The predicted octanol–water partition coefficient (Wildman–Crippen LogP) is 1.12. The van der Waals surface area contributed by atoms with Gasteiger partial charge in [0.25, 0.3) is 0 Å². The average molecular weight is 265 g/mol. The molecule has 3 aliphatic heterocycles. The lowest BCUT2D eigenvalue weighted by Crippen LogP contribution is -2.50. The Labute approximate surface area is 116 Å². The highest BCUT2D eigenvalue weighted by molar-refractivity contribution is 5.81. The van der Waals surface area contributed by atoms with Gasteiger partial charge < -0.3 is 10.6 Å². The molecular formula is C15H27N3O. The third-order valence-electron chi connectivity index (χ3n) is 5.19. The van der Waals surface area contributed by atoms with Gasteiger partial charge in [-0.15, -0.1) is 0 Å². The highest BCUT2D eigenvalue weighted by Crippen LogP contribution is 2.27. The molecule has 0 aromatic rings. The summed E-state index contributed by atoms with van der Waals surface area (Å²) >= 11 is 0. The maximum Gasteiger partial charge on any atom is 0.237 e. The van der Waals surface area contributed by atoms with Gasteiger partial charge in [0.2, 0.25) is 5.91 Å². The van der Waals surface area contributed by atoms with Crippen molar-refractivity contribution in [1.82, 2.24) is 15.5 Å². The van der Waals surface area contributed by atoms with Crippen molar-refractivity contribution in [3.63, 3.8) is 0 Å². The summed E-state index contributed by atoms with van der Waals surface area (Å²) in [6, 6.07) is 0.907. The first-order chi connectivity index (χ1) is 9.34. The zero-order chi connectivity index (χ0) is 13.1. The molecule has 0 bridgehead atoms. The fourth-order valence-corrected chi connectivity index (χ4v) is 4.02. The first kappa shape index (κ1) is 13.4. The number of piperidine rings is 1. The summed E-state index contributed by atoms with van der Waals surface area (Å²) in [5.41, 5.74) is 0. The molecule has 2 atom stereocenters. The number of rotatable bonds is 2. The van der Waals surface area contributed by atoms with E-state index in [1.165, 1.54) is 38.6 Å². The smallest absolute Gasteiger partial charge is 0.237 e. The van der Waals surface area contributed by atoms with E-state index >= 15 is 0 Å². The van der Waals surface area contributed by atoms with Crippen molar-refractivity contribution in [2.75, 3.05) is 26.2 Å². The van der Waals surface area contributed by atoms with Crippen molar-refractivity contribution >= 4 is 5.91 Å². The van der Waals surface area contributed by atoms with Gasteiger partial charge in [0.05, 0.1) is 6.04 Å². The molecule has 0 aromatic carbocycles. The predicted molar refractivity (Wildman–Crippen MR) is 76.0 cm³/mol. The van der Waals surface area contributed by atoms with Gasteiger partial charge in [-0.25, -0.2) is 0 Å². The number of amides is 1. The molecule has 2 N–H and O–H groups in total. The van der Waals surface area contributed by atoms with Gasteiger partial charge in [0.15, 0.2) is 0 Å². The molecule has 1 amide bonds. The summed E-state index contributed by atoms with van der Waals surface area (Å²) < 4.78 is 0. The second kappa shape index (κ2) is 6.23. The van der Waals surface area contributed by atoms with E-state index in [9.17, 15) is 4.79 Å². The van der Waals surface area contributed by atoms with Crippen LogP contribution in [0.5, 0.6) is 0 Å². The van der Waals surface area contributed by atoms with Gasteiger partial charge in [-0.1, -0.05) is 0 Å². The third kappa shape index (κ3) is 3.11. The lowest BCUT2D eigenvalue weighted by molar-refractivity contribution is -0.126. The Bertz CT molecular complexity index is 307. The fraction of sp³-hybridized carbons (Fsp3) is 0.933. The number of nitrogens with zero attached hydrogens (tertiary/aromatic N) is 1. The normalized spacial score (nSPS) is 35.1. The second-order valence-corrected chi connectivity index (χ2v) is 6.38. The molecule has 3 rings (SSSR count). The van der Waals surface area contributed by atoms with Crippen LogP contribution in [0.3, 0.4) is 0 Å². The van der Waals surface area contributed by atoms with Gasteiger partial charge in [-0.2, -0.15) is 0 Å². The largest absolute Gasteiger partial charge is 0.355 e. The van der Waals surface area contributed by atoms with Gasteiger partial charge in [-0.3, -0.25) is 9.69 Å². The highest BCUT2D eigenvalue weighted by Gasteiger charge is 2.33. The van der Waals surface area contributed by atoms with Crippen molar-refractivity contribution < 1.29 is 4.79 Å². The van der Waals surface area contributed by atoms with E-state index in [4.69, 9.17) is 0 Å². The Kier molecular flexibility index (Phi) is 4.38. The van der Waals surface area contributed by atoms with Crippen molar-refractivity contribution in [3.8, 4) is 0 Å². The summed E-state index contributed by atoms with van der Waals surface area (Å²) in [6.07, 6.45) is 8.61. The van der Waals surface area contributed by atoms with E-state index in [1.54, 1.807) is 0 Å². The summed E-state index contributed by atoms with van der Waals surface area (Å²) in [6.45, 7) is 4.30. The number of likely N-dealkylation sites (tertiary alicyclic amines) is 1. The fourth-order valence-electron chi connectivity index (χ4n) is 4.02. The Morgan fingerprint density at radius 3 is 2.53 bits per heavy atom. The quantitative estimate of drug-likeness (QED) is 0.786. The summed E-state index contributed by atoms with van der Waals surface area (Å²) in [4.78, 5) is 14.5. The molecule has 3 fully saturated rings. The number of nitrogens with one attached hydrogen (secondary N) is 2. The van der Waals surface area contributed by atoms with E-state index in [0.717, 1.165) is 44.4 Å². The zero-order valence-electron chi connectivity index (χ0n) is 11.9. The lowest BCUT2D eigenvalue weighted by Gasteiger charge is -2.38. The SMILES string of the molecule is O=C1NCCCCC1N1CCC(C2CCCN2)CC1. The van der Waals surface area contributed by atoms with Crippen LogP contribution in [0.15, 0.2) is 0 Å².